The zero-order chi connectivity index (χ0) is 13.7. The average molecular weight is 266 g/mol. The smallest absolute Gasteiger partial charge is 0.257 e. The first-order valence-electron chi connectivity index (χ1n) is 6.60. The van der Waals surface area contributed by atoms with E-state index < -0.39 is 5.82 Å². The fourth-order valence-electron chi connectivity index (χ4n) is 1.71. The van der Waals surface area contributed by atoms with Crippen molar-refractivity contribution in [2.24, 2.45) is 0 Å². The van der Waals surface area contributed by atoms with Crippen molar-refractivity contribution in [1.82, 2.24) is 10.6 Å². The summed E-state index contributed by atoms with van der Waals surface area (Å²) in [5.74, 6) is -0.567. The van der Waals surface area contributed by atoms with Crippen LogP contribution in [-0.2, 0) is 11.3 Å². The highest BCUT2D eigenvalue weighted by Gasteiger charge is 2.20. The Hall–Kier alpha value is -1.62. The van der Waals surface area contributed by atoms with Gasteiger partial charge in [-0.2, -0.15) is 0 Å². The van der Waals surface area contributed by atoms with Crippen molar-refractivity contribution in [2.45, 2.75) is 32.4 Å². The van der Waals surface area contributed by atoms with E-state index in [1.807, 2.05) is 13.0 Å². The molecule has 0 heterocycles. The molecular formula is C14H19FN2O2. The molecule has 1 amide bonds. The number of hydrogen-bond donors (Lipinski definition) is 2. The van der Waals surface area contributed by atoms with Gasteiger partial charge in [-0.3, -0.25) is 4.79 Å². The van der Waals surface area contributed by atoms with Crippen LogP contribution >= 0.6 is 0 Å². The summed E-state index contributed by atoms with van der Waals surface area (Å²) in [7, 11) is 0. The monoisotopic (exact) mass is 266 g/mol. The maximum absolute atomic E-state index is 13.7. The van der Waals surface area contributed by atoms with E-state index in [1.165, 1.54) is 18.9 Å². The van der Waals surface area contributed by atoms with Gasteiger partial charge in [0.1, 0.15) is 0 Å². The van der Waals surface area contributed by atoms with Gasteiger partial charge in [-0.1, -0.05) is 6.07 Å². The number of amides is 1. The molecule has 0 atom stereocenters. The van der Waals surface area contributed by atoms with Crippen LogP contribution in [0.15, 0.2) is 18.2 Å². The molecule has 0 aliphatic heterocycles. The van der Waals surface area contributed by atoms with Crippen LogP contribution in [0.25, 0.3) is 0 Å². The lowest BCUT2D eigenvalue weighted by atomic mass is 10.2. The summed E-state index contributed by atoms with van der Waals surface area (Å²) in [6.45, 7) is 2.86. The van der Waals surface area contributed by atoms with E-state index in [2.05, 4.69) is 10.6 Å². The van der Waals surface area contributed by atoms with Crippen LogP contribution in [0.1, 0.15) is 25.3 Å². The van der Waals surface area contributed by atoms with Gasteiger partial charge in [0, 0.05) is 19.1 Å². The Morgan fingerprint density at radius 1 is 1.47 bits per heavy atom. The van der Waals surface area contributed by atoms with E-state index in [4.69, 9.17) is 4.74 Å². The Labute approximate surface area is 112 Å². The zero-order valence-electron chi connectivity index (χ0n) is 11.0. The van der Waals surface area contributed by atoms with Crippen LogP contribution < -0.4 is 15.4 Å². The first kappa shape index (κ1) is 13.8. The standard InChI is InChI=1S/C14H19FN2O2/c1-2-16-14(18)9-19-13-6-3-10(7-12(13)15)8-17-11-4-5-11/h3,6-7,11,17H,2,4-5,8-9H2,1H3,(H,16,18). The first-order chi connectivity index (χ1) is 9.19. The number of nitrogens with one attached hydrogen (secondary N) is 2. The van der Waals surface area contributed by atoms with Gasteiger partial charge < -0.3 is 15.4 Å². The Morgan fingerprint density at radius 3 is 2.89 bits per heavy atom. The number of ether oxygens (including phenoxy) is 1. The molecule has 0 saturated heterocycles. The summed E-state index contributed by atoms with van der Waals surface area (Å²) in [6.07, 6.45) is 2.41. The first-order valence-corrected chi connectivity index (χ1v) is 6.60. The maximum atomic E-state index is 13.7. The third-order valence-corrected chi connectivity index (χ3v) is 2.90. The van der Waals surface area contributed by atoms with E-state index in [1.54, 1.807) is 6.07 Å². The molecule has 1 aliphatic carbocycles. The number of carbonyl (C=O) groups excluding carboxylic acids is 1. The molecule has 2 rings (SSSR count). The van der Waals surface area contributed by atoms with Crippen molar-refractivity contribution >= 4 is 5.91 Å². The fraction of sp³-hybridized carbons (Fsp3) is 0.500. The average Bonchev–Trinajstić information content (AvgIpc) is 3.19. The molecular weight excluding hydrogens is 247 g/mol. The van der Waals surface area contributed by atoms with Gasteiger partial charge in [-0.25, -0.2) is 4.39 Å². The highest BCUT2D eigenvalue weighted by molar-refractivity contribution is 5.77. The molecule has 0 unspecified atom stereocenters. The summed E-state index contributed by atoms with van der Waals surface area (Å²) >= 11 is 0. The minimum Gasteiger partial charge on any atom is -0.481 e. The van der Waals surface area contributed by atoms with Crippen molar-refractivity contribution in [3.8, 4) is 5.75 Å². The predicted molar refractivity (Wildman–Crippen MR) is 70.4 cm³/mol. The van der Waals surface area contributed by atoms with Crippen molar-refractivity contribution in [1.29, 1.82) is 0 Å². The van der Waals surface area contributed by atoms with Crippen LogP contribution in [-0.4, -0.2) is 25.1 Å². The van der Waals surface area contributed by atoms with Gasteiger partial charge in [0.05, 0.1) is 0 Å². The molecule has 1 aliphatic rings. The van der Waals surface area contributed by atoms with Crippen molar-refractivity contribution in [3.05, 3.63) is 29.6 Å². The lowest BCUT2D eigenvalue weighted by molar-refractivity contribution is -0.123. The highest BCUT2D eigenvalue weighted by atomic mass is 19.1. The Kier molecular flexibility index (Phi) is 4.74. The van der Waals surface area contributed by atoms with E-state index in [9.17, 15) is 9.18 Å². The van der Waals surface area contributed by atoms with E-state index >= 15 is 0 Å². The summed E-state index contributed by atoms with van der Waals surface area (Å²) in [5, 5.41) is 5.90. The lowest BCUT2D eigenvalue weighted by Crippen LogP contribution is -2.28. The maximum Gasteiger partial charge on any atom is 0.257 e. The molecule has 2 N–H and O–H groups in total. The fourth-order valence-corrected chi connectivity index (χ4v) is 1.71. The second-order valence-corrected chi connectivity index (χ2v) is 4.66. The van der Waals surface area contributed by atoms with E-state index in [0.717, 1.165) is 5.56 Å². The number of benzene rings is 1. The summed E-state index contributed by atoms with van der Waals surface area (Å²) in [5.41, 5.74) is 0.884. The van der Waals surface area contributed by atoms with Crippen LogP contribution in [0.4, 0.5) is 4.39 Å². The normalized spacial score (nSPS) is 14.2. The molecule has 104 valence electrons. The van der Waals surface area contributed by atoms with Crippen LogP contribution in [0.5, 0.6) is 5.75 Å². The van der Waals surface area contributed by atoms with Crippen LogP contribution in [0.3, 0.4) is 0 Å². The number of rotatable bonds is 7. The van der Waals surface area contributed by atoms with Gasteiger partial charge in [0.2, 0.25) is 0 Å². The quantitative estimate of drug-likeness (QED) is 0.788. The predicted octanol–water partition coefficient (Wildman–Crippen LogP) is 1.59. The molecule has 1 aromatic carbocycles. The zero-order valence-corrected chi connectivity index (χ0v) is 11.0. The summed E-state index contributed by atoms with van der Waals surface area (Å²) < 4.78 is 18.9. The molecule has 0 spiro atoms. The topological polar surface area (TPSA) is 50.4 Å². The van der Waals surface area contributed by atoms with Gasteiger partial charge in [0.15, 0.2) is 18.2 Å². The number of hydrogen-bond acceptors (Lipinski definition) is 3. The molecule has 1 fully saturated rings. The van der Waals surface area contributed by atoms with Gasteiger partial charge in [-0.15, -0.1) is 0 Å². The molecule has 19 heavy (non-hydrogen) atoms. The molecule has 0 radical (unpaired) electrons. The van der Waals surface area contributed by atoms with Gasteiger partial charge in [-0.05, 0) is 37.5 Å². The minimum absolute atomic E-state index is 0.112. The molecule has 1 saturated carbocycles. The van der Waals surface area contributed by atoms with E-state index in [-0.39, 0.29) is 18.3 Å². The van der Waals surface area contributed by atoms with Crippen molar-refractivity contribution < 1.29 is 13.9 Å². The third kappa shape index (κ3) is 4.52. The number of carbonyl (C=O) groups is 1. The summed E-state index contributed by atoms with van der Waals surface area (Å²) in [4.78, 5) is 11.2. The van der Waals surface area contributed by atoms with Crippen LogP contribution in [0.2, 0.25) is 0 Å². The SMILES string of the molecule is CCNC(=O)COc1ccc(CNC2CC2)cc1F. The number of likely N-dealkylation sites (N-methyl/N-ethyl adjacent to an activating group) is 1. The lowest BCUT2D eigenvalue weighted by Gasteiger charge is -2.09. The molecule has 5 heteroatoms. The van der Waals surface area contributed by atoms with Crippen LogP contribution in [0, 0.1) is 5.82 Å². The summed E-state index contributed by atoms with van der Waals surface area (Å²) in [6, 6.07) is 5.42. The molecule has 4 nitrogen and oxygen atoms in total. The largest absolute Gasteiger partial charge is 0.481 e. The molecule has 0 aromatic heterocycles. The van der Waals surface area contributed by atoms with E-state index in [0.29, 0.717) is 19.1 Å². The number of halogens is 1. The third-order valence-electron chi connectivity index (χ3n) is 2.90. The second-order valence-electron chi connectivity index (χ2n) is 4.66. The molecule has 1 aromatic rings. The molecule has 0 bridgehead atoms. The highest BCUT2D eigenvalue weighted by Crippen LogP contribution is 2.21. The Bertz CT molecular complexity index is 447. The second kappa shape index (κ2) is 6.52. The minimum atomic E-state index is -0.431. The Balaban J connectivity index is 1.84. The Morgan fingerprint density at radius 2 is 2.26 bits per heavy atom. The van der Waals surface area contributed by atoms with Gasteiger partial charge >= 0.3 is 0 Å². The van der Waals surface area contributed by atoms with Crippen molar-refractivity contribution in [2.75, 3.05) is 13.2 Å². The van der Waals surface area contributed by atoms with Crippen molar-refractivity contribution in [3.63, 3.8) is 0 Å². The van der Waals surface area contributed by atoms with Gasteiger partial charge in [0.25, 0.3) is 5.91 Å².